The number of ether oxygens (including phenoxy) is 1. The van der Waals surface area contributed by atoms with E-state index >= 15 is 0 Å². The van der Waals surface area contributed by atoms with Crippen LogP contribution in [0.3, 0.4) is 0 Å². The van der Waals surface area contributed by atoms with E-state index in [1.54, 1.807) is 35.2 Å². The molecule has 37 heavy (non-hydrogen) atoms. The van der Waals surface area contributed by atoms with Gasteiger partial charge < -0.3 is 15.0 Å². The summed E-state index contributed by atoms with van der Waals surface area (Å²) in [7, 11) is 0. The van der Waals surface area contributed by atoms with Crippen molar-refractivity contribution in [1.29, 1.82) is 0 Å². The Morgan fingerprint density at radius 2 is 1.59 bits per heavy atom. The Hall–Kier alpha value is -3.02. The summed E-state index contributed by atoms with van der Waals surface area (Å²) in [6.45, 7) is -0.0207. The van der Waals surface area contributed by atoms with Gasteiger partial charge in [0.25, 0.3) is 5.91 Å². The first-order valence-electron chi connectivity index (χ1n) is 12.7. The van der Waals surface area contributed by atoms with Gasteiger partial charge in [-0.3, -0.25) is 9.59 Å². The minimum absolute atomic E-state index is 0.127. The maximum absolute atomic E-state index is 13.8. The van der Waals surface area contributed by atoms with E-state index in [4.69, 9.17) is 27.9 Å². The summed E-state index contributed by atoms with van der Waals surface area (Å²) in [6, 6.07) is 23.5. The molecule has 1 atom stereocenters. The van der Waals surface area contributed by atoms with Crippen LogP contribution in [0.1, 0.15) is 43.2 Å². The number of carbonyl (C=O) groups is 2. The summed E-state index contributed by atoms with van der Waals surface area (Å²) in [5.41, 5.74) is 1.81. The number of benzene rings is 3. The van der Waals surface area contributed by atoms with E-state index in [-0.39, 0.29) is 31.0 Å². The van der Waals surface area contributed by atoms with Gasteiger partial charge in [0.05, 0.1) is 5.02 Å². The second-order valence-corrected chi connectivity index (χ2v) is 10.3. The third-order valence-corrected chi connectivity index (χ3v) is 7.20. The summed E-state index contributed by atoms with van der Waals surface area (Å²) < 4.78 is 5.79. The van der Waals surface area contributed by atoms with Crippen molar-refractivity contribution in [3.63, 3.8) is 0 Å². The average molecular weight is 540 g/mol. The van der Waals surface area contributed by atoms with E-state index < -0.39 is 6.04 Å². The predicted octanol–water partition coefficient (Wildman–Crippen LogP) is 6.46. The van der Waals surface area contributed by atoms with Crippen LogP contribution in [0.4, 0.5) is 0 Å². The van der Waals surface area contributed by atoms with Crippen molar-refractivity contribution in [2.24, 2.45) is 0 Å². The fourth-order valence-electron chi connectivity index (χ4n) is 4.71. The second-order valence-electron chi connectivity index (χ2n) is 9.42. The van der Waals surface area contributed by atoms with Gasteiger partial charge in [-0.05, 0) is 48.2 Å². The lowest BCUT2D eigenvalue weighted by Gasteiger charge is -2.33. The van der Waals surface area contributed by atoms with Crippen LogP contribution in [0.2, 0.25) is 10.0 Å². The van der Waals surface area contributed by atoms with Gasteiger partial charge in [0.1, 0.15) is 11.8 Å². The molecule has 1 aliphatic carbocycles. The lowest BCUT2D eigenvalue weighted by molar-refractivity contribution is -0.143. The van der Waals surface area contributed by atoms with Crippen LogP contribution < -0.4 is 10.1 Å². The third-order valence-electron chi connectivity index (χ3n) is 6.65. The SMILES string of the molecule is O=C(NC1CCCCC1)[C@H](Cc1ccccc1)N(Cc1cccc(Cl)c1)C(=O)COc1ccccc1Cl. The molecule has 5 nitrogen and oxygen atoms in total. The Morgan fingerprint density at radius 1 is 0.892 bits per heavy atom. The fraction of sp³-hybridized carbons (Fsp3) is 0.333. The van der Waals surface area contributed by atoms with E-state index in [0.29, 0.717) is 22.2 Å². The highest BCUT2D eigenvalue weighted by molar-refractivity contribution is 6.32. The number of para-hydroxylation sites is 1. The molecule has 0 unspecified atom stereocenters. The number of hydrogen-bond donors (Lipinski definition) is 1. The zero-order chi connectivity index (χ0) is 26.0. The van der Waals surface area contributed by atoms with E-state index in [9.17, 15) is 9.59 Å². The Bertz CT molecular complexity index is 1180. The van der Waals surface area contributed by atoms with Gasteiger partial charge in [0.15, 0.2) is 6.61 Å². The van der Waals surface area contributed by atoms with Gasteiger partial charge in [-0.1, -0.05) is 97.1 Å². The largest absolute Gasteiger partial charge is 0.482 e. The summed E-state index contributed by atoms with van der Waals surface area (Å²) in [5, 5.41) is 4.23. The van der Waals surface area contributed by atoms with Crippen LogP contribution in [0.5, 0.6) is 5.75 Å². The Balaban J connectivity index is 1.62. The minimum Gasteiger partial charge on any atom is -0.482 e. The predicted molar refractivity (Wildman–Crippen MR) is 148 cm³/mol. The molecule has 2 amide bonds. The quantitative estimate of drug-likeness (QED) is 0.322. The standard InChI is InChI=1S/C30H32Cl2N2O3/c31-24-13-9-12-23(18-24)20-34(29(35)21-37-28-17-8-7-16-26(28)32)27(19-22-10-3-1-4-11-22)30(36)33-25-14-5-2-6-15-25/h1,3-4,7-13,16-18,25,27H,2,5-6,14-15,19-21H2,(H,33,36)/t27-/m0/s1. The minimum atomic E-state index is -0.717. The number of rotatable bonds is 10. The van der Waals surface area contributed by atoms with Gasteiger partial charge >= 0.3 is 0 Å². The Morgan fingerprint density at radius 3 is 2.32 bits per heavy atom. The van der Waals surface area contributed by atoms with Crippen molar-refractivity contribution in [3.05, 3.63) is 100 Å². The molecule has 0 heterocycles. The summed E-state index contributed by atoms with van der Waals surface area (Å²) in [4.78, 5) is 29.0. The molecule has 0 aromatic heterocycles. The van der Waals surface area contributed by atoms with Crippen molar-refractivity contribution < 1.29 is 14.3 Å². The molecule has 1 N–H and O–H groups in total. The summed E-state index contributed by atoms with van der Waals surface area (Å²) >= 11 is 12.5. The smallest absolute Gasteiger partial charge is 0.261 e. The molecular weight excluding hydrogens is 507 g/mol. The molecule has 1 fully saturated rings. The highest BCUT2D eigenvalue weighted by atomic mass is 35.5. The Labute approximate surface area is 228 Å². The molecule has 0 saturated heterocycles. The maximum atomic E-state index is 13.8. The van der Waals surface area contributed by atoms with Crippen LogP contribution in [0.15, 0.2) is 78.9 Å². The van der Waals surface area contributed by atoms with Crippen LogP contribution in [-0.4, -0.2) is 35.4 Å². The zero-order valence-corrected chi connectivity index (χ0v) is 22.3. The molecule has 1 saturated carbocycles. The van der Waals surface area contributed by atoms with Crippen molar-refractivity contribution in [1.82, 2.24) is 10.2 Å². The highest BCUT2D eigenvalue weighted by Crippen LogP contribution is 2.24. The average Bonchev–Trinajstić information content (AvgIpc) is 2.91. The normalized spacial score (nSPS) is 14.5. The zero-order valence-electron chi connectivity index (χ0n) is 20.7. The van der Waals surface area contributed by atoms with E-state index in [2.05, 4.69) is 5.32 Å². The molecular formula is C30H32Cl2N2O3. The molecule has 0 aliphatic heterocycles. The first-order chi connectivity index (χ1) is 18.0. The molecule has 7 heteroatoms. The fourth-order valence-corrected chi connectivity index (χ4v) is 5.12. The number of carbonyl (C=O) groups excluding carboxylic acids is 2. The lowest BCUT2D eigenvalue weighted by Crippen LogP contribution is -2.53. The first kappa shape index (κ1) is 27.0. The summed E-state index contributed by atoms with van der Waals surface area (Å²) in [6.07, 6.45) is 5.70. The van der Waals surface area contributed by atoms with Gasteiger partial charge in [-0.2, -0.15) is 0 Å². The number of amides is 2. The van der Waals surface area contributed by atoms with Crippen LogP contribution in [-0.2, 0) is 22.6 Å². The highest BCUT2D eigenvalue weighted by Gasteiger charge is 2.32. The number of hydrogen-bond acceptors (Lipinski definition) is 3. The van der Waals surface area contributed by atoms with E-state index in [1.165, 1.54) is 6.42 Å². The monoisotopic (exact) mass is 538 g/mol. The molecule has 3 aromatic rings. The van der Waals surface area contributed by atoms with Crippen LogP contribution >= 0.6 is 23.2 Å². The van der Waals surface area contributed by atoms with E-state index in [1.807, 2.05) is 48.5 Å². The topological polar surface area (TPSA) is 58.6 Å². The number of nitrogens with one attached hydrogen (secondary N) is 1. The Kier molecular flexibility index (Phi) is 9.86. The number of halogens is 2. The van der Waals surface area contributed by atoms with Crippen molar-refractivity contribution in [2.75, 3.05) is 6.61 Å². The van der Waals surface area contributed by atoms with Crippen molar-refractivity contribution in [2.45, 2.75) is 57.2 Å². The van der Waals surface area contributed by atoms with Gasteiger partial charge in [0, 0.05) is 24.0 Å². The first-order valence-corrected chi connectivity index (χ1v) is 13.5. The third kappa shape index (κ3) is 7.98. The van der Waals surface area contributed by atoms with Crippen LogP contribution in [0, 0.1) is 0 Å². The molecule has 0 spiro atoms. The van der Waals surface area contributed by atoms with E-state index in [0.717, 1.165) is 36.8 Å². The molecule has 1 aliphatic rings. The molecule has 4 rings (SSSR count). The van der Waals surface area contributed by atoms with Crippen molar-refractivity contribution in [3.8, 4) is 5.75 Å². The second kappa shape index (κ2) is 13.5. The van der Waals surface area contributed by atoms with Gasteiger partial charge in [0.2, 0.25) is 5.91 Å². The maximum Gasteiger partial charge on any atom is 0.261 e. The number of nitrogens with zero attached hydrogens (tertiary/aromatic N) is 1. The lowest BCUT2D eigenvalue weighted by atomic mass is 9.94. The molecule has 194 valence electrons. The van der Waals surface area contributed by atoms with Gasteiger partial charge in [-0.15, -0.1) is 0 Å². The van der Waals surface area contributed by atoms with Crippen LogP contribution in [0.25, 0.3) is 0 Å². The summed E-state index contributed by atoms with van der Waals surface area (Å²) in [5.74, 6) is -0.0324. The molecule has 3 aromatic carbocycles. The molecule has 0 radical (unpaired) electrons. The molecule has 0 bridgehead atoms. The van der Waals surface area contributed by atoms with Crippen molar-refractivity contribution >= 4 is 35.0 Å². The van der Waals surface area contributed by atoms with Gasteiger partial charge in [-0.25, -0.2) is 0 Å².